The number of rotatable bonds is 1. The van der Waals surface area contributed by atoms with Crippen LogP contribution in [0.1, 0.15) is 23.2 Å². The Morgan fingerprint density at radius 2 is 0.978 bits per heavy atom. The van der Waals surface area contributed by atoms with Crippen LogP contribution < -0.4 is 9.13 Å². The quantitative estimate of drug-likeness (QED) is 0.178. The van der Waals surface area contributed by atoms with Gasteiger partial charge in [0.1, 0.15) is 22.3 Å². The minimum atomic E-state index is 0.100. The van der Waals surface area contributed by atoms with Gasteiger partial charge in [0.25, 0.3) is 0 Å². The van der Waals surface area contributed by atoms with Gasteiger partial charge in [-0.15, -0.1) is 0 Å². The number of nitrogens with zero attached hydrogens (tertiary/aromatic N) is 2. The van der Waals surface area contributed by atoms with Gasteiger partial charge in [-0.2, -0.15) is 9.13 Å². The molecule has 0 spiro atoms. The number of aromatic nitrogens is 2. The monoisotopic (exact) mass is 590 g/mol. The third kappa shape index (κ3) is 3.08. The normalized spacial score (nSPS) is 16.3. The molecule has 2 atom stereocenters. The number of para-hydroxylation sites is 2. The molecule has 2 unspecified atom stereocenters. The van der Waals surface area contributed by atoms with E-state index in [1.165, 1.54) is 33.6 Å². The first kappa shape index (κ1) is 24.3. The Kier molecular flexibility index (Phi) is 4.66. The second kappa shape index (κ2) is 8.80. The van der Waals surface area contributed by atoms with Crippen LogP contribution in [0.4, 0.5) is 0 Å². The van der Waals surface area contributed by atoms with Crippen LogP contribution in [-0.2, 0) is 0 Å². The van der Waals surface area contributed by atoms with E-state index in [1.807, 2.05) is 24.3 Å². The summed E-state index contributed by atoms with van der Waals surface area (Å²) in [5.74, 6) is 0. The topological polar surface area (TPSA) is 34.0 Å². The zero-order valence-electron chi connectivity index (χ0n) is 24.7. The van der Waals surface area contributed by atoms with Crippen LogP contribution in [0.3, 0.4) is 0 Å². The maximum atomic E-state index is 6.66. The van der Waals surface area contributed by atoms with Crippen LogP contribution in [-0.4, -0.2) is 0 Å². The van der Waals surface area contributed by atoms with E-state index in [-0.39, 0.29) is 12.1 Å². The second-order valence-corrected chi connectivity index (χ2v) is 12.5. The molecular weight excluding hydrogens is 564 g/mol. The van der Waals surface area contributed by atoms with Gasteiger partial charge in [0.2, 0.25) is 23.5 Å². The number of furan rings is 2. The van der Waals surface area contributed by atoms with Crippen LogP contribution in [0, 0.1) is 0 Å². The second-order valence-electron chi connectivity index (χ2n) is 12.5. The number of pyridine rings is 2. The summed E-state index contributed by atoms with van der Waals surface area (Å²) in [6, 6.07) is 48.0. The summed E-state index contributed by atoms with van der Waals surface area (Å²) in [7, 11) is 0. The largest absolute Gasteiger partial charge is 0.455 e. The summed E-state index contributed by atoms with van der Waals surface area (Å²) < 4.78 is 18.3. The first-order valence-corrected chi connectivity index (χ1v) is 15.8. The van der Waals surface area contributed by atoms with Crippen molar-refractivity contribution in [3.63, 3.8) is 0 Å². The van der Waals surface area contributed by atoms with Crippen molar-refractivity contribution in [2.45, 2.75) is 12.1 Å². The van der Waals surface area contributed by atoms with E-state index in [0.717, 1.165) is 55.0 Å². The van der Waals surface area contributed by atoms with Gasteiger partial charge in [0.05, 0.1) is 16.7 Å². The van der Waals surface area contributed by atoms with E-state index in [9.17, 15) is 0 Å². The molecule has 46 heavy (non-hydrogen) atoms. The van der Waals surface area contributed by atoms with Crippen LogP contribution in [0.5, 0.6) is 0 Å². The molecule has 0 radical (unpaired) electrons. The van der Waals surface area contributed by atoms with E-state index < -0.39 is 0 Å². The molecule has 5 aromatic carbocycles. The van der Waals surface area contributed by atoms with Crippen molar-refractivity contribution in [1.29, 1.82) is 0 Å². The summed E-state index contributed by atoms with van der Waals surface area (Å²) in [5, 5.41) is 4.43. The molecule has 214 valence electrons. The lowest BCUT2D eigenvalue weighted by Crippen LogP contribution is -2.59. The zero-order valence-corrected chi connectivity index (χ0v) is 24.7. The van der Waals surface area contributed by atoms with Crippen LogP contribution in [0.25, 0.3) is 77.5 Å². The Labute approximate surface area is 264 Å². The fourth-order valence-corrected chi connectivity index (χ4v) is 8.27. The summed E-state index contributed by atoms with van der Waals surface area (Å²) in [4.78, 5) is 0. The van der Waals surface area contributed by atoms with Gasteiger partial charge in [-0.3, -0.25) is 0 Å². The molecule has 0 saturated heterocycles. The number of hydrogen-bond acceptors (Lipinski definition) is 2. The molecule has 0 saturated carbocycles. The molecule has 4 heteroatoms. The maximum Gasteiger partial charge on any atom is 0.250 e. The van der Waals surface area contributed by atoms with Gasteiger partial charge in [-0.1, -0.05) is 72.8 Å². The minimum absolute atomic E-state index is 0.100. The standard InChI is InChI=1S/C42H26N2O2/c1-3-15-30-26(11-1)34-17-9-10-21-43(34)39-31-16-4-2-12-27(31)35-23-25(20-22-44(35)40(30)39)38-41-32(28-13-5-7-18-36(28)45-41)24-33-29-14-6-8-19-37(29)46-42(33)38/h1-24,39-40H/q+2. The maximum absolute atomic E-state index is 6.66. The van der Waals surface area contributed by atoms with Crippen molar-refractivity contribution in [3.8, 4) is 33.6 Å². The number of fused-ring (bicyclic) bond motifs is 17. The highest BCUT2D eigenvalue weighted by Crippen LogP contribution is 2.48. The first-order valence-electron chi connectivity index (χ1n) is 15.8. The van der Waals surface area contributed by atoms with Crippen molar-refractivity contribution in [3.05, 3.63) is 157 Å². The Morgan fingerprint density at radius 1 is 0.435 bits per heavy atom. The number of hydrogen-bond donors (Lipinski definition) is 0. The average molecular weight is 591 g/mol. The molecule has 6 heterocycles. The van der Waals surface area contributed by atoms with Crippen molar-refractivity contribution >= 4 is 43.9 Å². The highest BCUT2D eigenvalue weighted by atomic mass is 16.3. The van der Waals surface area contributed by atoms with Crippen molar-refractivity contribution in [1.82, 2.24) is 0 Å². The van der Waals surface area contributed by atoms with E-state index in [0.29, 0.717) is 0 Å². The molecule has 2 aliphatic rings. The molecule has 0 bridgehead atoms. The fraction of sp³-hybridized carbons (Fsp3) is 0.0476. The Bertz CT molecular complexity index is 2640. The fourth-order valence-electron chi connectivity index (χ4n) is 8.27. The van der Waals surface area contributed by atoms with E-state index >= 15 is 0 Å². The summed E-state index contributed by atoms with van der Waals surface area (Å²) in [5.41, 5.74) is 13.2. The lowest BCUT2D eigenvalue weighted by atomic mass is 9.79. The summed E-state index contributed by atoms with van der Waals surface area (Å²) in [6.07, 6.45) is 4.51. The van der Waals surface area contributed by atoms with Gasteiger partial charge < -0.3 is 8.83 Å². The van der Waals surface area contributed by atoms with Gasteiger partial charge in [-0.25, -0.2) is 0 Å². The molecular formula is C42H26N2O2+2. The third-order valence-corrected chi connectivity index (χ3v) is 10.2. The third-order valence-electron chi connectivity index (χ3n) is 10.2. The molecule has 0 amide bonds. The predicted molar refractivity (Wildman–Crippen MR) is 180 cm³/mol. The highest BCUT2D eigenvalue weighted by Gasteiger charge is 2.51. The van der Waals surface area contributed by atoms with E-state index in [1.54, 1.807) is 0 Å². The van der Waals surface area contributed by atoms with Gasteiger partial charge >= 0.3 is 0 Å². The van der Waals surface area contributed by atoms with Crippen molar-refractivity contribution < 1.29 is 18.0 Å². The molecule has 0 fully saturated rings. The molecule has 11 rings (SSSR count). The van der Waals surface area contributed by atoms with Crippen molar-refractivity contribution in [2.75, 3.05) is 0 Å². The van der Waals surface area contributed by atoms with Gasteiger partial charge in [0.15, 0.2) is 12.4 Å². The Balaban J connectivity index is 1.24. The van der Waals surface area contributed by atoms with E-state index in [2.05, 4.69) is 131 Å². The van der Waals surface area contributed by atoms with Crippen LogP contribution in [0.2, 0.25) is 0 Å². The average Bonchev–Trinajstić information content (AvgIpc) is 3.68. The van der Waals surface area contributed by atoms with Gasteiger partial charge in [-0.05, 0) is 36.4 Å². The Hall–Kier alpha value is -6.00. The highest BCUT2D eigenvalue weighted by molar-refractivity contribution is 6.22. The van der Waals surface area contributed by atoms with Crippen molar-refractivity contribution in [2.24, 2.45) is 0 Å². The van der Waals surface area contributed by atoms with Crippen LogP contribution >= 0.6 is 0 Å². The smallest absolute Gasteiger partial charge is 0.250 e. The molecule has 2 aliphatic heterocycles. The Morgan fingerprint density at radius 3 is 1.65 bits per heavy atom. The molecule has 4 aromatic heterocycles. The first-order chi connectivity index (χ1) is 22.8. The lowest BCUT2D eigenvalue weighted by Gasteiger charge is -2.32. The molecule has 0 aliphatic carbocycles. The number of benzene rings is 5. The summed E-state index contributed by atoms with van der Waals surface area (Å²) >= 11 is 0. The minimum Gasteiger partial charge on any atom is -0.455 e. The summed E-state index contributed by atoms with van der Waals surface area (Å²) in [6.45, 7) is 0. The molecule has 4 nitrogen and oxygen atoms in total. The van der Waals surface area contributed by atoms with Gasteiger partial charge in [0, 0.05) is 62.5 Å². The van der Waals surface area contributed by atoms with E-state index in [4.69, 9.17) is 8.83 Å². The SMILES string of the molecule is c1ccc2c(c1)-c1cc(-c3c4oc5ccccc5c4cc4c3oc3ccccc34)cc[n+]1C1c3ccccc3-c3cccc[n+]3C21. The zero-order chi connectivity index (χ0) is 29.9. The molecule has 9 aromatic rings. The predicted octanol–water partition coefficient (Wildman–Crippen LogP) is 9.57. The van der Waals surface area contributed by atoms with Crippen LogP contribution in [0.15, 0.2) is 155 Å². The molecule has 0 N–H and O–H groups in total. The lowest BCUT2D eigenvalue weighted by molar-refractivity contribution is -0.799.